The topological polar surface area (TPSA) is 90.9 Å². The number of hydrogen-bond acceptors (Lipinski definition) is 7. The van der Waals surface area contributed by atoms with Gasteiger partial charge in [0.25, 0.3) is 0 Å². The fraction of sp³-hybridized carbons (Fsp3) is 0.750. The van der Waals surface area contributed by atoms with E-state index in [0.29, 0.717) is 19.4 Å². The molecule has 0 spiro atoms. The Morgan fingerprint density at radius 3 is 1.16 bits per heavy atom. The van der Waals surface area contributed by atoms with E-state index in [9.17, 15) is 14.4 Å². The molecule has 0 saturated heterocycles. The molecule has 0 amide bonds. The lowest BCUT2D eigenvalue weighted by Crippen LogP contribution is -2.27. The van der Waals surface area contributed by atoms with Crippen LogP contribution in [-0.4, -0.2) is 51.3 Å². The van der Waals surface area contributed by atoms with Crippen molar-refractivity contribution in [3.8, 4) is 0 Å². The highest BCUT2D eigenvalue weighted by Gasteiger charge is 2.17. The number of allylic oxidation sites excluding steroid dienone is 8. The third-order valence-electron chi connectivity index (χ3n) is 8.68. The normalized spacial score (nSPS) is 11.9. The van der Waals surface area contributed by atoms with Crippen LogP contribution in [0, 0.1) is 5.92 Å². The summed E-state index contributed by atoms with van der Waals surface area (Å²) in [7, 11) is 1.77. The molecule has 0 unspecified atom stereocenters. The Bertz CT molecular complexity index is 863. The van der Waals surface area contributed by atoms with Gasteiger partial charge in [-0.05, 0) is 84.1 Å². The number of hydrogen-bond donors (Lipinski definition) is 1. The summed E-state index contributed by atoms with van der Waals surface area (Å²) in [6, 6.07) is 0. The van der Waals surface area contributed by atoms with E-state index >= 15 is 0 Å². The fourth-order valence-corrected chi connectivity index (χ4v) is 5.38. The Balaban J connectivity index is 4.12. The Kier molecular flexibility index (Phi) is 38.0. The second kappa shape index (κ2) is 40.1. The maximum Gasteiger partial charge on any atom is 0.307 e. The first-order chi connectivity index (χ1) is 25.0. The lowest BCUT2D eigenvalue weighted by molar-refractivity contribution is -0.153. The molecule has 0 rings (SSSR count). The van der Waals surface area contributed by atoms with E-state index in [2.05, 4.69) is 67.8 Å². The summed E-state index contributed by atoms with van der Waals surface area (Å²) < 4.78 is 16.4. The van der Waals surface area contributed by atoms with E-state index in [1.165, 1.54) is 64.2 Å². The molecule has 0 aromatic rings. The number of ether oxygens (including phenoxy) is 3. The first kappa shape index (κ1) is 48.3. The molecule has 0 fully saturated rings. The lowest BCUT2D eigenvalue weighted by Gasteiger charge is -2.17. The smallest absolute Gasteiger partial charge is 0.307 e. The minimum atomic E-state index is -0.384. The minimum Gasteiger partial charge on any atom is -0.465 e. The molecular weight excluding hydrogens is 638 g/mol. The molecule has 0 aromatic carbocycles. The molecule has 0 radical (unpaired) electrons. The van der Waals surface area contributed by atoms with Gasteiger partial charge in [0.2, 0.25) is 0 Å². The van der Waals surface area contributed by atoms with Gasteiger partial charge in [0.05, 0.1) is 12.3 Å². The third kappa shape index (κ3) is 38.4. The van der Waals surface area contributed by atoms with Crippen LogP contribution in [0.3, 0.4) is 0 Å². The third-order valence-corrected chi connectivity index (χ3v) is 8.68. The van der Waals surface area contributed by atoms with Crippen molar-refractivity contribution >= 4 is 17.9 Å². The molecule has 0 aromatic heterocycles. The monoisotopic (exact) mass is 716 g/mol. The van der Waals surface area contributed by atoms with Crippen LogP contribution in [0.5, 0.6) is 0 Å². The van der Waals surface area contributed by atoms with E-state index in [0.717, 1.165) is 77.0 Å². The van der Waals surface area contributed by atoms with Crippen molar-refractivity contribution in [3.63, 3.8) is 0 Å². The van der Waals surface area contributed by atoms with Crippen LogP contribution >= 0.6 is 0 Å². The van der Waals surface area contributed by atoms with E-state index < -0.39 is 0 Å². The van der Waals surface area contributed by atoms with Crippen molar-refractivity contribution in [2.24, 2.45) is 5.92 Å². The number of carbonyl (C=O) groups is 3. The lowest BCUT2D eigenvalue weighted by atomic mass is 10.1. The molecular formula is C44H77NO6. The van der Waals surface area contributed by atoms with Gasteiger partial charge in [-0.15, -0.1) is 0 Å². The zero-order valence-corrected chi connectivity index (χ0v) is 33.2. The van der Waals surface area contributed by atoms with Crippen LogP contribution in [0.4, 0.5) is 0 Å². The van der Waals surface area contributed by atoms with Crippen LogP contribution in [0.1, 0.15) is 174 Å². The summed E-state index contributed by atoms with van der Waals surface area (Å²) in [5, 5.41) is 2.92. The van der Waals surface area contributed by atoms with Crippen LogP contribution in [0.2, 0.25) is 0 Å². The summed E-state index contributed by atoms with van der Waals surface area (Å²) in [5.74, 6) is -1.24. The molecule has 7 nitrogen and oxygen atoms in total. The molecule has 0 heterocycles. The van der Waals surface area contributed by atoms with Crippen molar-refractivity contribution < 1.29 is 28.6 Å². The molecule has 0 aliphatic carbocycles. The van der Waals surface area contributed by atoms with Crippen LogP contribution in [0.15, 0.2) is 48.6 Å². The van der Waals surface area contributed by atoms with E-state index in [1.54, 1.807) is 7.05 Å². The molecule has 0 bridgehead atoms. The number of esters is 3. The largest absolute Gasteiger partial charge is 0.465 e. The van der Waals surface area contributed by atoms with Crippen molar-refractivity contribution in [1.82, 2.24) is 5.32 Å². The number of carbonyl (C=O) groups excluding carboxylic acids is 3. The van der Waals surface area contributed by atoms with E-state index in [4.69, 9.17) is 14.2 Å². The van der Waals surface area contributed by atoms with Crippen molar-refractivity contribution in [1.29, 1.82) is 0 Å². The van der Waals surface area contributed by atoms with Gasteiger partial charge in [0.1, 0.15) is 19.8 Å². The highest BCUT2D eigenvalue weighted by molar-refractivity contribution is 5.70. The van der Waals surface area contributed by atoms with Gasteiger partial charge in [0.15, 0.2) is 0 Å². The second-order valence-corrected chi connectivity index (χ2v) is 13.7. The molecule has 294 valence electrons. The molecule has 0 saturated carbocycles. The number of nitrogens with one attached hydrogen (secondary N) is 1. The maximum atomic E-state index is 12.4. The quantitative estimate of drug-likeness (QED) is 0.0296. The second-order valence-electron chi connectivity index (χ2n) is 13.7. The minimum absolute atomic E-state index is 0.0521. The Morgan fingerprint density at radius 1 is 0.451 bits per heavy atom. The van der Waals surface area contributed by atoms with E-state index in [-0.39, 0.29) is 50.1 Å². The zero-order chi connectivity index (χ0) is 37.3. The zero-order valence-electron chi connectivity index (χ0n) is 33.2. The van der Waals surface area contributed by atoms with Gasteiger partial charge in [0, 0.05) is 19.4 Å². The van der Waals surface area contributed by atoms with Crippen LogP contribution in [0.25, 0.3) is 0 Å². The van der Waals surface area contributed by atoms with Gasteiger partial charge in [-0.2, -0.15) is 0 Å². The molecule has 0 atom stereocenters. The van der Waals surface area contributed by atoms with Gasteiger partial charge in [-0.1, -0.05) is 127 Å². The predicted octanol–water partition coefficient (Wildman–Crippen LogP) is 11.5. The SMILES string of the molecule is CCCCC/C=C\C/C=C\CCCCCCCC(=O)OCC(COC(=O)CCCCCCC/C=C\C/C=C\CCCCC)COC(=O)CCNC. The van der Waals surface area contributed by atoms with Crippen LogP contribution in [-0.2, 0) is 28.6 Å². The summed E-state index contributed by atoms with van der Waals surface area (Å²) in [6.07, 6.45) is 44.0. The number of unbranched alkanes of at least 4 members (excludes halogenated alkanes) is 16. The number of rotatable bonds is 37. The summed E-state index contributed by atoms with van der Waals surface area (Å²) in [5.41, 5.74) is 0. The Hall–Kier alpha value is -2.67. The highest BCUT2D eigenvalue weighted by atomic mass is 16.6. The summed E-state index contributed by atoms with van der Waals surface area (Å²) >= 11 is 0. The summed E-state index contributed by atoms with van der Waals surface area (Å²) in [6.45, 7) is 5.17. The first-order valence-electron chi connectivity index (χ1n) is 20.7. The van der Waals surface area contributed by atoms with E-state index in [1.807, 2.05) is 0 Å². The highest BCUT2D eigenvalue weighted by Crippen LogP contribution is 2.12. The average molecular weight is 716 g/mol. The van der Waals surface area contributed by atoms with Gasteiger partial charge in [-0.25, -0.2) is 0 Å². The molecule has 0 aliphatic rings. The molecule has 7 heteroatoms. The molecule has 51 heavy (non-hydrogen) atoms. The Morgan fingerprint density at radius 2 is 0.784 bits per heavy atom. The van der Waals surface area contributed by atoms with Gasteiger partial charge < -0.3 is 19.5 Å². The first-order valence-corrected chi connectivity index (χ1v) is 20.7. The molecule has 1 N–H and O–H groups in total. The Labute approximate surface area is 313 Å². The van der Waals surface area contributed by atoms with Crippen molar-refractivity contribution in [2.45, 2.75) is 174 Å². The summed E-state index contributed by atoms with van der Waals surface area (Å²) in [4.78, 5) is 36.8. The standard InChI is InChI=1S/C44H77NO6/c1-4-6-8-10-12-14-16-18-20-22-24-26-28-30-32-34-42(46)49-38-41(40-51-44(48)36-37-45-3)39-50-43(47)35-33-31-29-27-25-23-21-19-17-15-13-11-9-7-5-2/h12-15,18-21,41,45H,4-11,16-17,22-40H2,1-3H3/b14-12-,15-13-,20-18-,21-19-. The average Bonchev–Trinajstić information content (AvgIpc) is 3.13. The van der Waals surface area contributed by atoms with Crippen molar-refractivity contribution in [2.75, 3.05) is 33.4 Å². The maximum absolute atomic E-state index is 12.4. The predicted molar refractivity (Wildman–Crippen MR) is 214 cm³/mol. The fourth-order valence-electron chi connectivity index (χ4n) is 5.38. The van der Waals surface area contributed by atoms with Crippen molar-refractivity contribution in [3.05, 3.63) is 48.6 Å². The van der Waals surface area contributed by atoms with Gasteiger partial charge in [-0.3, -0.25) is 14.4 Å². The molecule has 0 aliphatic heterocycles. The van der Waals surface area contributed by atoms with Gasteiger partial charge >= 0.3 is 17.9 Å². The van der Waals surface area contributed by atoms with Crippen LogP contribution < -0.4 is 5.32 Å².